The van der Waals surface area contributed by atoms with Crippen molar-refractivity contribution in [1.29, 1.82) is 5.26 Å². The standard InChI is InChI=1S/C14H11N3O4/c1-20-8-21-12-3-2-9(4-10(12)5-15)13-16-6-11(7-17-13)14(18)19/h2-4,6-7H,8H2,1H3,(H,18,19). The molecule has 7 heteroatoms. The molecule has 1 aromatic heterocycles. The summed E-state index contributed by atoms with van der Waals surface area (Å²) in [7, 11) is 1.48. The summed E-state index contributed by atoms with van der Waals surface area (Å²) in [6, 6.07) is 6.88. The first kappa shape index (κ1) is 14.4. The molecule has 2 aromatic rings. The van der Waals surface area contributed by atoms with E-state index in [-0.39, 0.29) is 12.4 Å². The Morgan fingerprint density at radius 1 is 1.38 bits per heavy atom. The van der Waals surface area contributed by atoms with Gasteiger partial charge in [0.05, 0.1) is 11.1 Å². The van der Waals surface area contributed by atoms with Gasteiger partial charge in [0.2, 0.25) is 0 Å². The molecule has 0 unspecified atom stereocenters. The second kappa shape index (κ2) is 6.45. The number of ether oxygens (including phenoxy) is 2. The predicted molar refractivity (Wildman–Crippen MR) is 71.6 cm³/mol. The molecule has 21 heavy (non-hydrogen) atoms. The summed E-state index contributed by atoms with van der Waals surface area (Å²) in [5, 5.41) is 17.9. The van der Waals surface area contributed by atoms with Crippen molar-refractivity contribution in [2.45, 2.75) is 0 Å². The highest BCUT2D eigenvalue weighted by atomic mass is 16.7. The van der Waals surface area contributed by atoms with Crippen LogP contribution in [0.2, 0.25) is 0 Å². The van der Waals surface area contributed by atoms with Crippen LogP contribution in [0.1, 0.15) is 15.9 Å². The number of nitrogens with zero attached hydrogens (tertiary/aromatic N) is 3. The molecule has 7 nitrogen and oxygen atoms in total. The van der Waals surface area contributed by atoms with Crippen molar-refractivity contribution in [2.75, 3.05) is 13.9 Å². The predicted octanol–water partition coefficient (Wildman–Crippen LogP) is 1.70. The molecule has 0 aliphatic heterocycles. The molecule has 0 bridgehead atoms. The Morgan fingerprint density at radius 2 is 2.10 bits per heavy atom. The Morgan fingerprint density at radius 3 is 2.67 bits per heavy atom. The summed E-state index contributed by atoms with van der Waals surface area (Å²) in [6.45, 7) is 0.0395. The van der Waals surface area contributed by atoms with Crippen molar-refractivity contribution in [1.82, 2.24) is 9.97 Å². The minimum atomic E-state index is -1.09. The summed E-state index contributed by atoms with van der Waals surface area (Å²) < 4.78 is 10.0. The minimum Gasteiger partial charge on any atom is -0.478 e. The van der Waals surface area contributed by atoms with Gasteiger partial charge >= 0.3 is 5.97 Å². The van der Waals surface area contributed by atoms with Crippen LogP contribution in [0.25, 0.3) is 11.4 Å². The molecule has 1 N–H and O–H groups in total. The molecule has 106 valence electrons. The molecule has 0 saturated carbocycles. The number of carbonyl (C=O) groups is 1. The van der Waals surface area contributed by atoms with E-state index in [1.54, 1.807) is 18.2 Å². The maximum absolute atomic E-state index is 10.7. The second-order valence-corrected chi connectivity index (χ2v) is 3.97. The molecule has 1 heterocycles. The van der Waals surface area contributed by atoms with E-state index < -0.39 is 5.97 Å². The Labute approximate surface area is 120 Å². The number of aromatic nitrogens is 2. The van der Waals surface area contributed by atoms with Crippen LogP contribution in [0.4, 0.5) is 0 Å². The molecule has 0 spiro atoms. The van der Waals surface area contributed by atoms with Gasteiger partial charge < -0.3 is 14.6 Å². The molecule has 0 radical (unpaired) electrons. The fourth-order valence-electron chi connectivity index (χ4n) is 1.59. The fourth-order valence-corrected chi connectivity index (χ4v) is 1.59. The maximum atomic E-state index is 10.7. The zero-order valence-corrected chi connectivity index (χ0v) is 11.1. The Kier molecular flexibility index (Phi) is 4.43. The van der Waals surface area contributed by atoms with Gasteiger partial charge in [-0.25, -0.2) is 14.8 Å². The number of carboxylic acids is 1. The summed E-state index contributed by atoms with van der Waals surface area (Å²) in [5.74, 6) is -0.373. The molecule has 0 fully saturated rings. The van der Waals surface area contributed by atoms with Gasteiger partial charge in [-0.15, -0.1) is 0 Å². The average molecular weight is 285 g/mol. The van der Waals surface area contributed by atoms with Crippen LogP contribution in [-0.4, -0.2) is 34.9 Å². The molecule has 0 aliphatic rings. The van der Waals surface area contributed by atoms with Gasteiger partial charge in [0.25, 0.3) is 0 Å². The largest absolute Gasteiger partial charge is 0.478 e. The van der Waals surface area contributed by atoms with E-state index in [2.05, 4.69) is 9.97 Å². The van der Waals surface area contributed by atoms with E-state index in [0.717, 1.165) is 0 Å². The van der Waals surface area contributed by atoms with Crippen molar-refractivity contribution in [3.8, 4) is 23.2 Å². The molecule has 0 aliphatic carbocycles. The van der Waals surface area contributed by atoms with Crippen LogP contribution in [0.5, 0.6) is 5.75 Å². The Balaban J connectivity index is 2.32. The number of nitriles is 1. The second-order valence-electron chi connectivity index (χ2n) is 3.97. The third kappa shape index (κ3) is 3.32. The van der Waals surface area contributed by atoms with Crippen LogP contribution < -0.4 is 4.74 Å². The summed E-state index contributed by atoms with van der Waals surface area (Å²) in [5.41, 5.74) is 0.906. The first-order valence-electron chi connectivity index (χ1n) is 5.87. The average Bonchev–Trinajstić information content (AvgIpc) is 2.52. The van der Waals surface area contributed by atoms with Gasteiger partial charge in [-0.2, -0.15) is 5.26 Å². The summed E-state index contributed by atoms with van der Waals surface area (Å²) >= 11 is 0. The lowest BCUT2D eigenvalue weighted by Crippen LogP contribution is -2.01. The molecule has 2 rings (SSSR count). The number of benzene rings is 1. The highest BCUT2D eigenvalue weighted by Crippen LogP contribution is 2.24. The van der Waals surface area contributed by atoms with Gasteiger partial charge in [0.1, 0.15) is 11.8 Å². The zero-order chi connectivity index (χ0) is 15.2. The van der Waals surface area contributed by atoms with Crippen molar-refractivity contribution in [3.05, 3.63) is 41.7 Å². The van der Waals surface area contributed by atoms with E-state index in [4.69, 9.17) is 19.8 Å². The van der Waals surface area contributed by atoms with Gasteiger partial charge in [0, 0.05) is 25.1 Å². The monoisotopic (exact) mass is 285 g/mol. The van der Waals surface area contributed by atoms with Gasteiger partial charge in [-0.05, 0) is 18.2 Å². The maximum Gasteiger partial charge on any atom is 0.338 e. The SMILES string of the molecule is COCOc1ccc(-c2ncc(C(=O)O)cn2)cc1C#N. The van der Waals surface area contributed by atoms with Gasteiger partial charge in [-0.3, -0.25) is 0 Å². The van der Waals surface area contributed by atoms with E-state index >= 15 is 0 Å². The van der Waals surface area contributed by atoms with E-state index in [1.807, 2.05) is 6.07 Å². The number of rotatable bonds is 5. The molecule has 0 amide bonds. The lowest BCUT2D eigenvalue weighted by molar-refractivity contribution is 0.0509. The number of aromatic carboxylic acids is 1. The number of hydrogen-bond donors (Lipinski definition) is 1. The van der Waals surface area contributed by atoms with E-state index in [0.29, 0.717) is 22.7 Å². The van der Waals surface area contributed by atoms with E-state index in [1.165, 1.54) is 19.5 Å². The third-order valence-corrected chi connectivity index (χ3v) is 2.59. The molecule has 0 atom stereocenters. The Bertz CT molecular complexity index is 692. The minimum absolute atomic E-state index is 0.000644. The van der Waals surface area contributed by atoms with Crippen LogP contribution in [0.3, 0.4) is 0 Å². The van der Waals surface area contributed by atoms with Crippen molar-refractivity contribution >= 4 is 5.97 Å². The molecular formula is C14H11N3O4. The van der Waals surface area contributed by atoms with Gasteiger partial charge in [0.15, 0.2) is 12.6 Å². The highest BCUT2D eigenvalue weighted by molar-refractivity contribution is 5.86. The van der Waals surface area contributed by atoms with E-state index in [9.17, 15) is 4.79 Å². The zero-order valence-electron chi connectivity index (χ0n) is 11.1. The topological polar surface area (TPSA) is 105 Å². The van der Waals surface area contributed by atoms with Crippen LogP contribution in [0, 0.1) is 11.3 Å². The third-order valence-electron chi connectivity index (χ3n) is 2.59. The van der Waals surface area contributed by atoms with Crippen LogP contribution >= 0.6 is 0 Å². The quantitative estimate of drug-likeness (QED) is 0.833. The van der Waals surface area contributed by atoms with Crippen molar-refractivity contribution in [2.24, 2.45) is 0 Å². The highest BCUT2D eigenvalue weighted by Gasteiger charge is 2.09. The number of carboxylic acid groups (broad SMARTS) is 1. The fraction of sp³-hybridized carbons (Fsp3) is 0.143. The number of methoxy groups -OCH3 is 1. The molecule has 1 aromatic carbocycles. The molecular weight excluding hydrogens is 274 g/mol. The lowest BCUT2D eigenvalue weighted by atomic mass is 10.1. The first-order chi connectivity index (χ1) is 10.2. The van der Waals surface area contributed by atoms with Crippen molar-refractivity contribution < 1.29 is 19.4 Å². The lowest BCUT2D eigenvalue weighted by Gasteiger charge is -2.08. The Hall–Kier alpha value is -2.98. The van der Waals surface area contributed by atoms with Crippen LogP contribution in [-0.2, 0) is 4.74 Å². The van der Waals surface area contributed by atoms with Crippen molar-refractivity contribution in [3.63, 3.8) is 0 Å². The molecule has 0 saturated heterocycles. The van der Waals surface area contributed by atoms with Crippen LogP contribution in [0.15, 0.2) is 30.6 Å². The first-order valence-corrected chi connectivity index (χ1v) is 5.87. The normalized spacial score (nSPS) is 9.90. The summed E-state index contributed by atoms with van der Waals surface area (Å²) in [6.07, 6.45) is 2.43. The summed E-state index contributed by atoms with van der Waals surface area (Å²) in [4.78, 5) is 18.7. The number of hydrogen-bond acceptors (Lipinski definition) is 6. The van der Waals surface area contributed by atoms with Gasteiger partial charge in [-0.1, -0.05) is 0 Å². The smallest absolute Gasteiger partial charge is 0.338 e.